The van der Waals surface area contributed by atoms with Gasteiger partial charge < -0.3 is 62.5 Å². The summed E-state index contributed by atoms with van der Waals surface area (Å²) in [5, 5.41) is 13.4. The first-order chi connectivity index (χ1) is 31.1. The van der Waals surface area contributed by atoms with E-state index < -0.39 is 12.0 Å². The number of imide groups is 1. The Morgan fingerprint density at radius 1 is 0.600 bits per heavy atom. The number of methoxy groups -OCH3 is 1. The molecule has 1 heterocycles. The molecule has 9 unspecified atom stereocenters. The lowest BCUT2D eigenvalue weighted by Gasteiger charge is -2.32. The van der Waals surface area contributed by atoms with Gasteiger partial charge in [-0.05, 0) is 80.5 Å². The number of rotatable bonds is 37. The van der Waals surface area contributed by atoms with Crippen molar-refractivity contribution < 1.29 is 71.6 Å². The lowest BCUT2D eigenvalue weighted by Crippen LogP contribution is -2.48. The van der Waals surface area contributed by atoms with Crippen LogP contribution < -0.4 is 5.32 Å². The van der Waals surface area contributed by atoms with E-state index in [1.807, 2.05) is 61.5 Å². The number of esters is 1. The number of amides is 2. The summed E-state index contributed by atoms with van der Waals surface area (Å²) in [6.07, 6.45) is -0.887. The minimum atomic E-state index is -0.527. The smallest absolute Gasteiger partial charge is 0.316 e. The van der Waals surface area contributed by atoms with E-state index in [1.165, 1.54) is 16.7 Å². The molecular weight excluding hydrogens is 865 g/mol. The third kappa shape index (κ3) is 20.8. The largest absolute Gasteiger partial charge is 0.463 e. The highest BCUT2D eigenvalue weighted by Gasteiger charge is 2.36. The molecule has 1 aliphatic rings. The van der Waals surface area contributed by atoms with Crippen molar-refractivity contribution >= 4 is 46.0 Å². The number of carbonyl (C=O) groups excluding carboxylic acids is 3. The maximum Gasteiger partial charge on any atom is 0.316 e. The van der Waals surface area contributed by atoms with E-state index in [-0.39, 0.29) is 86.2 Å². The molecule has 0 radical (unpaired) electrons. The Labute approximate surface area is 390 Å². The zero-order chi connectivity index (χ0) is 47.7. The molecule has 0 aliphatic carbocycles. The van der Waals surface area contributed by atoms with Crippen LogP contribution in [0.25, 0.3) is 10.8 Å². The number of nitrogens with one attached hydrogen (secondary N) is 1. The summed E-state index contributed by atoms with van der Waals surface area (Å²) in [5.41, 5.74) is 1.61. The van der Waals surface area contributed by atoms with Crippen LogP contribution in [0.5, 0.6) is 0 Å². The highest BCUT2D eigenvalue weighted by Crippen LogP contribution is 2.35. The van der Waals surface area contributed by atoms with Gasteiger partial charge in [0, 0.05) is 34.7 Å². The Kier molecular flexibility index (Phi) is 27.0. The van der Waals surface area contributed by atoms with Crippen LogP contribution in [0.2, 0.25) is 0 Å². The predicted octanol–water partition coefficient (Wildman–Crippen LogP) is 5.37. The molecule has 0 aromatic heterocycles. The summed E-state index contributed by atoms with van der Waals surface area (Å²) < 4.78 is 62.9. The quantitative estimate of drug-likeness (QED) is 0.0381. The molecule has 1 aliphatic heterocycles. The van der Waals surface area contributed by atoms with Crippen LogP contribution in [0, 0.1) is 0 Å². The van der Waals surface area contributed by atoms with Crippen molar-refractivity contribution in [3.05, 3.63) is 41.5 Å². The van der Waals surface area contributed by atoms with Gasteiger partial charge in [-0.15, -0.1) is 11.8 Å². The number of ether oxygens (including phenoxy) is 11. The molecule has 2 amide bonds. The summed E-state index contributed by atoms with van der Waals surface area (Å²) in [6.45, 7) is 21.6. The zero-order valence-electron chi connectivity index (χ0n) is 40.2. The number of aliphatic hydroxyl groups excluding tert-OH is 1. The average Bonchev–Trinajstić information content (AvgIpc) is 3.29. The molecular formula is C47H76N2O15S. The fourth-order valence-corrected chi connectivity index (χ4v) is 7.10. The van der Waals surface area contributed by atoms with Gasteiger partial charge in [0.15, 0.2) is 0 Å². The van der Waals surface area contributed by atoms with Gasteiger partial charge in [-0.1, -0.05) is 12.1 Å². The summed E-state index contributed by atoms with van der Waals surface area (Å²) in [5.74, 6) is -0.666. The second kappa shape index (κ2) is 31.1. The number of nitrogens with zero attached hydrogens (tertiary/aromatic N) is 1. The minimum Gasteiger partial charge on any atom is -0.463 e. The maximum absolute atomic E-state index is 13.7. The van der Waals surface area contributed by atoms with Crippen LogP contribution in [0.1, 0.15) is 83.0 Å². The Bertz CT molecular complexity index is 1670. The van der Waals surface area contributed by atoms with Crippen molar-refractivity contribution in [3.8, 4) is 0 Å². The van der Waals surface area contributed by atoms with Gasteiger partial charge in [-0.3, -0.25) is 19.3 Å². The first kappa shape index (κ1) is 56.3. The van der Waals surface area contributed by atoms with Crippen molar-refractivity contribution in [1.29, 1.82) is 0 Å². The van der Waals surface area contributed by atoms with Gasteiger partial charge in [-0.25, -0.2) is 0 Å². The molecule has 0 spiro atoms. The number of benzene rings is 2. The molecule has 0 saturated heterocycles. The van der Waals surface area contributed by atoms with Crippen molar-refractivity contribution in [2.45, 2.75) is 117 Å². The van der Waals surface area contributed by atoms with Crippen molar-refractivity contribution in [2.24, 2.45) is 0 Å². The number of aliphatic hydroxyl groups is 1. The van der Waals surface area contributed by atoms with Crippen LogP contribution in [0.3, 0.4) is 0 Å². The van der Waals surface area contributed by atoms with Crippen molar-refractivity contribution in [1.82, 2.24) is 4.90 Å². The number of hydrogen-bond donors (Lipinski definition) is 2. The number of thioether (sulfide) groups is 1. The number of carbonyl (C=O) groups is 3. The third-order valence-corrected chi connectivity index (χ3v) is 10.8. The van der Waals surface area contributed by atoms with Crippen LogP contribution in [0.15, 0.2) is 30.3 Å². The van der Waals surface area contributed by atoms with Gasteiger partial charge in [0.1, 0.15) is 6.61 Å². The van der Waals surface area contributed by atoms with Crippen LogP contribution in [-0.2, 0) is 56.9 Å². The summed E-state index contributed by atoms with van der Waals surface area (Å²) in [4.78, 5) is 40.4. The first-order valence-electron chi connectivity index (χ1n) is 22.7. The van der Waals surface area contributed by atoms with E-state index in [0.29, 0.717) is 88.5 Å². The third-order valence-electron chi connectivity index (χ3n) is 10.0. The molecule has 0 fully saturated rings. The Hall–Kier alpha value is -2.98. The van der Waals surface area contributed by atoms with E-state index in [0.717, 1.165) is 11.1 Å². The molecule has 2 aromatic rings. The monoisotopic (exact) mass is 940 g/mol. The molecule has 65 heavy (non-hydrogen) atoms. The second-order valence-corrected chi connectivity index (χ2v) is 17.5. The number of anilines is 1. The molecule has 18 heteroatoms. The fraction of sp³-hybridized carbons (Fsp3) is 0.723. The van der Waals surface area contributed by atoms with Gasteiger partial charge in [0.2, 0.25) is 0 Å². The Morgan fingerprint density at radius 2 is 1.08 bits per heavy atom. The summed E-state index contributed by atoms with van der Waals surface area (Å²) >= 11 is 1.32. The Balaban J connectivity index is 1.24. The summed E-state index contributed by atoms with van der Waals surface area (Å²) in [6, 6.07) is 8.36. The van der Waals surface area contributed by atoms with E-state index in [9.17, 15) is 14.4 Å². The topological polar surface area (TPSA) is 188 Å². The SMILES string of the molecule is COCC(C)OCC(C)OCC(C)OCC(C)OCC(C)OCC(C)OCC(C)OCCOCC(C)OCC(C)N1C(=O)c2cccc3c(NCSCC(=O)OCCO)ccc(c23)C1=O. The van der Waals surface area contributed by atoms with E-state index in [2.05, 4.69) is 5.32 Å². The summed E-state index contributed by atoms with van der Waals surface area (Å²) in [7, 11) is 1.65. The first-order valence-corrected chi connectivity index (χ1v) is 23.8. The van der Waals surface area contributed by atoms with Crippen LogP contribution in [-0.4, -0.2) is 187 Å². The van der Waals surface area contributed by atoms with E-state index in [4.69, 9.17) is 57.2 Å². The van der Waals surface area contributed by atoms with E-state index >= 15 is 0 Å². The molecule has 17 nitrogen and oxygen atoms in total. The molecule has 0 saturated carbocycles. The minimum absolute atomic E-state index is 0.0232. The lowest BCUT2D eigenvalue weighted by molar-refractivity contribution is -0.141. The Morgan fingerprint density at radius 3 is 1.60 bits per heavy atom. The average molecular weight is 941 g/mol. The van der Waals surface area contributed by atoms with Crippen molar-refractivity contribution in [3.63, 3.8) is 0 Å². The fourth-order valence-electron chi connectivity index (χ4n) is 6.49. The molecule has 9 atom stereocenters. The van der Waals surface area contributed by atoms with Gasteiger partial charge >= 0.3 is 5.97 Å². The highest BCUT2D eigenvalue weighted by atomic mass is 32.2. The van der Waals surface area contributed by atoms with Crippen LogP contribution >= 0.6 is 11.8 Å². The normalized spacial score (nSPS) is 17.1. The maximum atomic E-state index is 13.7. The standard InChI is InChI=1S/C47H76N2O15S/c1-31(49-46(52)41-13-11-12-40-43(15-14-42(45(40)41)47(49)53)48-30-65-29-44(51)57-17-16-50)20-58-33(3)22-55-18-19-56-34(4)23-60-36(6)25-62-38(8)27-64-39(9)28-63-37(7)26-61-35(5)24-59-32(2)21-54-10/h11-15,31-39,48,50H,16-30H2,1-10H3. The van der Waals surface area contributed by atoms with Crippen molar-refractivity contribution in [2.75, 3.05) is 110 Å². The van der Waals surface area contributed by atoms with Gasteiger partial charge in [0.25, 0.3) is 11.8 Å². The molecule has 3 rings (SSSR count). The highest BCUT2D eigenvalue weighted by molar-refractivity contribution is 8.00. The zero-order valence-corrected chi connectivity index (χ0v) is 41.0. The van der Waals surface area contributed by atoms with E-state index in [1.54, 1.807) is 38.3 Å². The van der Waals surface area contributed by atoms with Crippen LogP contribution in [0.4, 0.5) is 5.69 Å². The van der Waals surface area contributed by atoms with Gasteiger partial charge in [0.05, 0.1) is 146 Å². The predicted molar refractivity (Wildman–Crippen MR) is 249 cm³/mol. The molecule has 370 valence electrons. The molecule has 2 aromatic carbocycles. The van der Waals surface area contributed by atoms with Gasteiger partial charge in [-0.2, -0.15) is 0 Å². The molecule has 2 N–H and O–H groups in total. The lowest BCUT2D eigenvalue weighted by atomic mass is 9.92. The number of hydrogen-bond acceptors (Lipinski definition) is 17. The molecule has 0 bridgehead atoms. The second-order valence-electron chi connectivity index (χ2n) is 16.6.